The lowest BCUT2D eigenvalue weighted by Crippen LogP contribution is -2.36. The van der Waals surface area contributed by atoms with Crippen molar-refractivity contribution in [3.8, 4) is 11.3 Å². The van der Waals surface area contributed by atoms with Crippen LogP contribution in [0.15, 0.2) is 67.3 Å². The van der Waals surface area contributed by atoms with E-state index in [-0.39, 0.29) is 0 Å². The normalized spacial score (nSPS) is 19.9. The lowest BCUT2D eigenvalue weighted by molar-refractivity contribution is 0.0991. The number of H-pyrrole nitrogens is 1. The number of nitrogens with one attached hydrogen (secondary N) is 2. The summed E-state index contributed by atoms with van der Waals surface area (Å²) in [4.78, 5) is 11.9. The molecule has 8 heteroatoms. The Balaban J connectivity index is 1.22. The minimum Gasteiger partial charge on any atom is -0.374 e. The molecule has 8 nitrogen and oxygen atoms in total. The zero-order valence-corrected chi connectivity index (χ0v) is 17.3. The second-order valence-corrected chi connectivity index (χ2v) is 8.47. The third-order valence-electron chi connectivity index (χ3n) is 6.47. The number of hydrogen-bond donors (Lipinski definition) is 2. The molecular weight excluding hydrogens is 402 g/mol. The minimum atomic E-state index is 0.388. The highest BCUT2D eigenvalue weighted by atomic mass is 16.5. The van der Waals surface area contributed by atoms with E-state index in [1.54, 1.807) is 6.20 Å². The quantitative estimate of drug-likeness (QED) is 0.455. The van der Waals surface area contributed by atoms with Gasteiger partial charge in [0.2, 0.25) is 0 Å². The fourth-order valence-electron chi connectivity index (χ4n) is 4.84. The predicted octanol–water partition coefficient (Wildman–Crippen LogP) is 3.99. The number of imidazole rings is 1. The van der Waals surface area contributed by atoms with Gasteiger partial charge in [-0.3, -0.25) is 5.10 Å². The Labute approximate surface area is 183 Å². The first kappa shape index (κ1) is 17.7. The summed E-state index contributed by atoms with van der Waals surface area (Å²) in [5.41, 5.74) is 5.87. The van der Waals surface area contributed by atoms with Crippen molar-refractivity contribution in [3.05, 3.63) is 67.3 Å². The van der Waals surface area contributed by atoms with Gasteiger partial charge in [-0.05, 0) is 36.8 Å². The van der Waals surface area contributed by atoms with Crippen LogP contribution in [-0.2, 0) is 4.74 Å². The maximum Gasteiger partial charge on any atom is 0.180 e. The highest BCUT2D eigenvalue weighted by Crippen LogP contribution is 2.33. The van der Waals surface area contributed by atoms with Gasteiger partial charge in [0.15, 0.2) is 11.5 Å². The summed E-state index contributed by atoms with van der Waals surface area (Å²) in [5, 5.41) is 11.7. The second-order valence-electron chi connectivity index (χ2n) is 8.47. The fraction of sp³-hybridized carbons (Fsp3) is 0.208. The molecule has 0 unspecified atom stereocenters. The maximum atomic E-state index is 5.73. The molecule has 2 aliphatic rings. The van der Waals surface area contributed by atoms with E-state index in [2.05, 4.69) is 67.9 Å². The fourth-order valence-corrected chi connectivity index (χ4v) is 4.84. The maximum absolute atomic E-state index is 5.73. The molecule has 32 heavy (non-hydrogen) atoms. The Bertz CT molecular complexity index is 1440. The van der Waals surface area contributed by atoms with E-state index in [9.17, 15) is 0 Å². The standard InChI is InChI=1S/C24H21N7O/c1-2-16-11-26-29-21(16)9-15(1)22-13-30-8-7-25-24(30)23(28-22)27-17-3-5-18(6-4-17)31-12-20-10-19(31)14-32-20/h1-9,11,13,19-20H,10,12,14H2,(H,26,29)(H,27,28)/t19-,20-/m0/s1. The number of hydrogen-bond acceptors (Lipinski definition) is 6. The van der Waals surface area contributed by atoms with Gasteiger partial charge < -0.3 is 19.4 Å². The van der Waals surface area contributed by atoms with Crippen LogP contribution in [0.3, 0.4) is 0 Å². The van der Waals surface area contributed by atoms with Crippen molar-refractivity contribution < 1.29 is 4.74 Å². The van der Waals surface area contributed by atoms with Crippen LogP contribution in [0.25, 0.3) is 27.8 Å². The lowest BCUT2D eigenvalue weighted by atomic mass is 10.1. The molecule has 2 bridgehead atoms. The number of benzene rings is 2. The van der Waals surface area contributed by atoms with Crippen LogP contribution in [0.4, 0.5) is 17.2 Å². The summed E-state index contributed by atoms with van der Waals surface area (Å²) in [6, 6.07) is 15.2. The van der Waals surface area contributed by atoms with Gasteiger partial charge >= 0.3 is 0 Å². The van der Waals surface area contributed by atoms with Gasteiger partial charge in [-0.15, -0.1) is 0 Å². The molecular formula is C24H21N7O. The number of aromatic amines is 1. The third-order valence-corrected chi connectivity index (χ3v) is 6.47. The Morgan fingerprint density at radius 3 is 2.91 bits per heavy atom. The number of aromatic nitrogens is 5. The minimum absolute atomic E-state index is 0.388. The van der Waals surface area contributed by atoms with Gasteiger partial charge in [0.1, 0.15) is 0 Å². The Morgan fingerprint density at radius 1 is 1.12 bits per heavy atom. The summed E-state index contributed by atoms with van der Waals surface area (Å²) in [6.07, 6.45) is 9.07. The van der Waals surface area contributed by atoms with Gasteiger partial charge in [0, 0.05) is 47.5 Å². The Morgan fingerprint density at radius 2 is 2.06 bits per heavy atom. The predicted molar refractivity (Wildman–Crippen MR) is 123 cm³/mol. The van der Waals surface area contributed by atoms with Crippen LogP contribution in [0, 0.1) is 0 Å². The number of rotatable bonds is 4. The SMILES string of the molecule is c1cn2cc(-c3ccc4cn[nH]c4c3)nc(Nc3ccc(N4C[C@@H]5C[C@H]4CO5)cc3)c2n1. The van der Waals surface area contributed by atoms with E-state index < -0.39 is 0 Å². The molecule has 0 spiro atoms. The van der Waals surface area contributed by atoms with Crippen molar-refractivity contribution in [1.82, 2.24) is 24.6 Å². The van der Waals surface area contributed by atoms with Gasteiger partial charge in [-0.1, -0.05) is 12.1 Å². The van der Waals surface area contributed by atoms with E-state index in [1.807, 2.05) is 23.0 Å². The molecule has 5 heterocycles. The van der Waals surface area contributed by atoms with Crippen LogP contribution < -0.4 is 10.2 Å². The highest BCUT2D eigenvalue weighted by Gasteiger charge is 2.38. The van der Waals surface area contributed by atoms with E-state index >= 15 is 0 Å². The summed E-state index contributed by atoms with van der Waals surface area (Å²) in [7, 11) is 0. The van der Waals surface area contributed by atoms with E-state index in [0.29, 0.717) is 12.1 Å². The third kappa shape index (κ3) is 2.84. The molecule has 2 aliphatic heterocycles. The zero-order valence-electron chi connectivity index (χ0n) is 17.3. The monoisotopic (exact) mass is 423 g/mol. The number of nitrogens with zero attached hydrogens (tertiary/aromatic N) is 5. The molecule has 2 N–H and O–H groups in total. The van der Waals surface area contributed by atoms with Crippen molar-refractivity contribution in [2.24, 2.45) is 0 Å². The summed E-state index contributed by atoms with van der Waals surface area (Å²) >= 11 is 0. The van der Waals surface area contributed by atoms with Gasteiger partial charge in [-0.25, -0.2) is 9.97 Å². The first-order valence-corrected chi connectivity index (χ1v) is 10.8. The van der Waals surface area contributed by atoms with Crippen LogP contribution in [0.5, 0.6) is 0 Å². The van der Waals surface area contributed by atoms with Crippen LogP contribution in [0.2, 0.25) is 0 Å². The average Bonchev–Trinajstić information content (AvgIpc) is 3.63. The van der Waals surface area contributed by atoms with Crippen molar-refractivity contribution in [2.75, 3.05) is 23.4 Å². The Kier molecular flexibility index (Phi) is 3.77. The Hall–Kier alpha value is -3.91. The van der Waals surface area contributed by atoms with Crippen molar-refractivity contribution in [2.45, 2.75) is 18.6 Å². The first-order chi connectivity index (χ1) is 15.8. The number of anilines is 3. The molecule has 0 amide bonds. The molecule has 3 aromatic heterocycles. The van der Waals surface area contributed by atoms with Crippen molar-refractivity contribution in [1.29, 1.82) is 0 Å². The van der Waals surface area contributed by atoms with Crippen molar-refractivity contribution >= 4 is 33.7 Å². The van der Waals surface area contributed by atoms with Gasteiger partial charge in [-0.2, -0.15) is 5.10 Å². The molecule has 0 radical (unpaired) electrons. The smallest absolute Gasteiger partial charge is 0.180 e. The molecule has 5 aromatic rings. The second kappa shape index (κ2) is 6.80. The first-order valence-electron chi connectivity index (χ1n) is 10.8. The molecule has 158 valence electrons. The highest BCUT2D eigenvalue weighted by molar-refractivity contribution is 5.84. The molecule has 2 fully saturated rings. The van der Waals surface area contributed by atoms with Gasteiger partial charge in [0.25, 0.3) is 0 Å². The molecule has 0 saturated carbocycles. The number of morpholine rings is 1. The molecule has 2 aromatic carbocycles. The zero-order chi connectivity index (χ0) is 21.1. The van der Waals surface area contributed by atoms with Crippen molar-refractivity contribution in [3.63, 3.8) is 0 Å². The summed E-state index contributed by atoms with van der Waals surface area (Å²) < 4.78 is 7.73. The molecule has 7 rings (SSSR count). The molecule has 0 aliphatic carbocycles. The largest absolute Gasteiger partial charge is 0.374 e. The van der Waals surface area contributed by atoms with Gasteiger partial charge in [0.05, 0.1) is 36.2 Å². The van der Waals surface area contributed by atoms with Crippen LogP contribution >= 0.6 is 0 Å². The van der Waals surface area contributed by atoms with E-state index in [4.69, 9.17) is 9.72 Å². The number of fused-ring (bicyclic) bond motifs is 4. The summed E-state index contributed by atoms with van der Waals surface area (Å²) in [5.74, 6) is 0.721. The topological polar surface area (TPSA) is 83.4 Å². The molecule has 2 atom stereocenters. The van der Waals surface area contributed by atoms with E-state index in [1.165, 1.54) is 5.69 Å². The van der Waals surface area contributed by atoms with E-state index in [0.717, 1.165) is 58.9 Å². The van der Waals surface area contributed by atoms with Crippen LogP contribution in [-0.4, -0.2) is 49.9 Å². The summed E-state index contributed by atoms with van der Waals surface area (Å²) in [6.45, 7) is 1.82. The lowest BCUT2D eigenvalue weighted by Gasteiger charge is -2.29. The average molecular weight is 423 g/mol. The number of ether oxygens (including phenoxy) is 1. The van der Waals surface area contributed by atoms with Crippen LogP contribution in [0.1, 0.15) is 6.42 Å². The molecule has 2 saturated heterocycles.